The van der Waals surface area contributed by atoms with Crippen molar-refractivity contribution in [1.29, 1.82) is 5.26 Å². The summed E-state index contributed by atoms with van der Waals surface area (Å²) < 4.78 is 0. The lowest BCUT2D eigenvalue weighted by Crippen LogP contribution is -2.36. The predicted molar refractivity (Wildman–Crippen MR) is 94.0 cm³/mol. The van der Waals surface area contributed by atoms with Gasteiger partial charge in [0.25, 0.3) is 0 Å². The first-order chi connectivity index (χ1) is 12.1. The van der Waals surface area contributed by atoms with Crippen LogP contribution in [0.15, 0.2) is 30.3 Å². The van der Waals surface area contributed by atoms with Crippen LogP contribution in [-0.2, 0) is 9.59 Å². The maximum atomic E-state index is 12.5. The molecule has 3 rings (SSSR count). The average molecular weight is 355 g/mol. The van der Waals surface area contributed by atoms with E-state index in [1.54, 1.807) is 0 Å². The van der Waals surface area contributed by atoms with Crippen LogP contribution < -0.4 is 5.32 Å². The third-order valence-electron chi connectivity index (χ3n) is 4.43. The van der Waals surface area contributed by atoms with Gasteiger partial charge in [-0.2, -0.15) is 5.26 Å². The van der Waals surface area contributed by atoms with Gasteiger partial charge in [0.15, 0.2) is 5.13 Å². The smallest absolute Gasteiger partial charge is 0.307 e. The third kappa shape index (κ3) is 3.69. The molecule has 0 spiro atoms. The normalized spacial score (nSPS) is 19.8. The van der Waals surface area contributed by atoms with Crippen molar-refractivity contribution < 1.29 is 14.7 Å². The second-order valence-electron chi connectivity index (χ2n) is 6.00. The van der Waals surface area contributed by atoms with Gasteiger partial charge in [-0.25, -0.2) is 4.98 Å². The topological polar surface area (TPSA) is 103 Å². The highest BCUT2D eigenvalue weighted by Gasteiger charge is 2.36. The van der Waals surface area contributed by atoms with E-state index in [1.165, 1.54) is 0 Å². The Labute approximate surface area is 149 Å². The summed E-state index contributed by atoms with van der Waals surface area (Å²) in [5.74, 6) is -2.47. The lowest BCUT2D eigenvalue weighted by atomic mass is 9.79. The first kappa shape index (κ1) is 17.1. The Hall–Kier alpha value is -2.72. The number of carbonyl (C=O) groups excluding carboxylic acids is 1. The molecule has 1 amide bonds. The van der Waals surface area contributed by atoms with Gasteiger partial charge in [-0.1, -0.05) is 54.5 Å². The first-order valence-corrected chi connectivity index (χ1v) is 8.92. The summed E-state index contributed by atoms with van der Waals surface area (Å²) in [5, 5.41) is 21.7. The summed E-state index contributed by atoms with van der Waals surface area (Å²) in [4.78, 5) is 28.7. The number of thiazole rings is 1. The molecule has 0 radical (unpaired) electrons. The van der Waals surface area contributed by atoms with Gasteiger partial charge >= 0.3 is 5.97 Å². The number of hydrogen-bond donors (Lipinski definition) is 2. The lowest BCUT2D eigenvalue weighted by Gasteiger charge is -2.26. The largest absolute Gasteiger partial charge is 0.481 e. The van der Waals surface area contributed by atoms with E-state index in [0.717, 1.165) is 29.7 Å². The van der Waals surface area contributed by atoms with Gasteiger partial charge in [0, 0.05) is 5.56 Å². The fraction of sp³-hybridized carbons (Fsp3) is 0.333. The van der Waals surface area contributed by atoms with E-state index >= 15 is 0 Å². The molecule has 1 aliphatic carbocycles. The molecule has 1 heterocycles. The van der Waals surface area contributed by atoms with Crippen LogP contribution in [-0.4, -0.2) is 22.0 Å². The Morgan fingerprint density at radius 2 is 1.88 bits per heavy atom. The number of carboxylic acids is 1. The number of carboxylic acid groups (broad SMARTS) is 1. The lowest BCUT2D eigenvalue weighted by molar-refractivity contribution is -0.147. The van der Waals surface area contributed by atoms with Gasteiger partial charge in [0.05, 0.1) is 11.8 Å². The number of nitriles is 1. The zero-order chi connectivity index (χ0) is 17.8. The number of nitrogens with zero attached hydrogens (tertiary/aromatic N) is 2. The summed E-state index contributed by atoms with van der Waals surface area (Å²) in [6.07, 6.45) is 2.75. The molecule has 0 aliphatic heterocycles. The van der Waals surface area contributed by atoms with Crippen molar-refractivity contribution in [3.63, 3.8) is 0 Å². The SMILES string of the molecule is N#Cc1sc(NC(=O)[C@@H]2CCCC[C@H]2C(=O)O)nc1-c1ccccc1. The van der Waals surface area contributed by atoms with Crippen LogP contribution in [0.1, 0.15) is 30.6 Å². The van der Waals surface area contributed by atoms with Gasteiger partial charge in [-0.3, -0.25) is 9.59 Å². The van der Waals surface area contributed by atoms with Crippen molar-refractivity contribution in [3.05, 3.63) is 35.2 Å². The Balaban J connectivity index is 1.81. The summed E-state index contributed by atoms with van der Waals surface area (Å²) in [5.41, 5.74) is 1.33. The molecule has 2 N–H and O–H groups in total. The first-order valence-electron chi connectivity index (χ1n) is 8.10. The molecule has 0 saturated heterocycles. The number of aromatic nitrogens is 1. The number of amides is 1. The maximum absolute atomic E-state index is 12.5. The molecule has 1 aliphatic rings. The van der Waals surface area contributed by atoms with Crippen molar-refractivity contribution in [2.45, 2.75) is 25.7 Å². The number of rotatable bonds is 4. The molecule has 0 bridgehead atoms. The minimum atomic E-state index is -0.929. The fourth-order valence-electron chi connectivity index (χ4n) is 3.18. The molecule has 1 fully saturated rings. The molecule has 25 heavy (non-hydrogen) atoms. The minimum Gasteiger partial charge on any atom is -0.481 e. The van der Waals surface area contributed by atoms with E-state index in [2.05, 4.69) is 16.4 Å². The second kappa shape index (κ2) is 7.45. The van der Waals surface area contributed by atoms with Crippen molar-refractivity contribution in [2.24, 2.45) is 11.8 Å². The average Bonchev–Trinajstić information content (AvgIpc) is 3.05. The molecule has 1 saturated carbocycles. The van der Waals surface area contributed by atoms with Crippen LogP contribution in [0, 0.1) is 23.2 Å². The molecule has 1 aromatic heterocycles. The van der Waals surface area contributed by atoms with Gasteiger partial charge in [-0.15, -0.1) is 0 Å². The van der Waals surface area contributed by atoms with Crippen LogP contribution in [0.3, 0.4) is 0 Å². The molecule has 6 nitrogen and oxygen atoms in total. The van der Waals surface area contributed by atoms with E-state index in [0.29, 0.717) is 28.5 Å². The van der Waals surface area contributed by atoms with Gasteiger partial charge in [-0.05, 0) is 12.8 Å². The van der Waals surface area contributed by atoms with Crippen LogP contribution in [0.25, 0.3) is 11.3 Å². The molecule has 0 unspecified atom stereocenters. The Kier molecular flexibility index (Phi) is 5.10. The van der Waals surface area contributed by atoms with Crippen LogP contribution in [0.4, 0.5) is 5.13 Å². The molecule has 128 valence electrons. The fourth-order valence-corrected chi connectivity index (χ4v) is 3.97. The van der Waals surface area contributed by atoms with Gasteiger partial charge in [0.1, 0.15) is 16.6 Å². The predicted octanol–water partition coefficient (Wildman–Crippen LogP) is 3.51. The Morgan fingerprint density at radius 1 is 1.20 bits per heavy atom. The highest BCUT2D eigenvalue weighted by atomic mass is 32.1. The Bertz CT molecular complexity index is 826. The highest BCUT2D eigenvalue weighted by Crippen LogP contribution is 2.34. The van der Waals surface area contributed by atoms with Crippen LogP contribution in [0.5, 0.6) is 0 Å². The molecule has 2 atom stereocenters. The molecule has 1 aromatic carbocycles. The highest BCUT2D eigenvalue weighted by molar-refractivity contribution is 7.16. The standard InChI is InChI=1S/C18H17N3O3S/c19-10-14-15(11-6-2-1-3-7-11)20-18(25-14)21-16(22)12-8-4-5-9-13(12)17(23)24/h1-3,6-7,12-13H,4-5,8-9H2,(H,23,24)(H,20,21,22)/t12-,13-/m1/s1. The number of anilines is 1. The van der Waals surface area contributed by atoms with E-state index in [9.17, 15) is 20.0 Å². The molecule has 2 aromatic rings. The second-order valence-corrected chi connectivity index (χ2v) is 7.00. The zero-order valence-electron chi connectivity index (χ0n) is 13.4. The molecular weight excluding hydrogens is 338 g/mol. The van der Waals surface area contributed by atoms with E-state index in [4.69, 9.17) is 0 Å². The summed E-state index contributed by atoms with van der Waals surface area (Å²) in [6.45, 7) is 0. The number of carbonyl (C=O) groups is 2. The number of benzene rings is 1. The van der Waals surface area contributed by atoms with Crippen molar-refractivity contribution in [1.82, 2.24) is 4.98 Å². The number of nitrogens with one attached hydrogen (secondary N) is 1. The van der Waals surface area contributed by atoms with E-state index in [-0.39, 0.29) is 5.91 Å². The van der Waals surface area contributed by atoms with Crippen molar-refractivity contribution >= 4 is 28.3 Å². The minimum absolute atomic E-state index is 0.329. The van der Waals surface area contributed by atoms with Crippen LogP contribution >= 0.6 is 11.3 Å². The Morgan fingerprint density at radius 3 is 2.52 bits per heavy atom. The maximum Gasteiger partial charge on any atom is 0.307 e. The quantitative estimate of drug-likeness (QED) is 0.873. The molecular formula is C18H17N3O3S. The van der Waals surface area contributed by atoms with Crippen molar-refractivity contribution in [2.75, 3.05) is 5.32 Å². The third-order valence-corrected chi connectivity index (χ3v) is 5.30. The summed E-state index contributed by atoms with van der Waals surface area (Å²) in [7, 11) is 0. The summed E-state index contributed by atoms with van der Waals surface area (Å²) >= 11 is 1.10. The van der Waals surface area contributed by atoms with Gasteiger partial charge in [0.2, 0.25) is 5.91 Å². The molecule has 7 heteroatoms. The van der Waals surface area contributed by atoms with Crippen molar-refractivity contribution in [3.8, 4) is 17.3 Å². The van der Waals surface area contributed by atoms with E-state index in [1.807, 2.05) is 30.3 Å². The van der Waals surface area contributed by atoms with Crippen LogP contribution in [0.2, 0.25) is 0 Å². The zero-order valence-corrected chi connectivity index (χ0v) is 14.3. The number of aliphatic carboxylic acids is 1. The van der Waals surface area contributed by atoms with Gasteiger partial charge < -0.3 is 10.4 Å². The monoisotopic (exact) mass is 355 g/mol. The van der Waals surface area contributed by atoms with E-state index < -0.39 is 17.8 Å². The number of hydrogen-bond acceptors (Lipinski definition) is 5. The summed E-state index contributed by atoms with van der Waals surface area (Å²) in [6, 6.07) is 11.4.